The molecular weight excluding hydrogens is 419 g/mol. The number of furan rings is 1. The molecule has 1 atom stereocenters. The molecule has 0 fully saturated rings. The summed E-state index contributed by atoms with van der Waals surface area (Å²) in [6.07, 6.45) is 1.25. The minimum absolute atomic E-state index is 0.0206. The fourth-order valence-electron chi connectivity index (χ4n) is 2.90. The van der Waals surface area contributed by atoms with Gasteiger partial charge >= 0.3 is 0 Å². The number of nitrogens with one attached hydrogen (secondary N) is 2. The number of rotatable bonds is 7. The highest BCUT2D eigenvalue weighted by atomic mass is 19.1. The highest BCUT2D eigenvalue weighted by Gasteiger charge is 2.19. The minimum Gasteiger partial charge on any atom is -0.455 e. The minimum atomic E-state index is -0.973. The van der Waals surface area contributed by atoms with Crippen molar-refractivity contribution < 1.29 is 23.3 Å². The van der Waals surface area contributed by atoms with Crippen LogP contribution in [0.2, 0.25) is 0 Å². The second-order valence-corrected chi connectivity index (χ2v) is 6.82. The van der Waals surface area contributed by atoms with E-state index >= 15 is 0 Å². The smallest absolute Gasteiger partial charge is 0.273 e. The van der Waals surface area contributed by atoms with Crippen molar-refractivity contribution in [3.8, 4) is 11.3 Å². The van der Waals surface area contributed by atoms with Gasteiger partial charge in [0.1, 0.15) is 23.4 Å². The predicted molar refractivity (Wildman–Crippen MR) is 115 cm³/mol. The van der Waals surface area contributed by atoms with Crippen LogP contribution in [0.1, 0.15) is 28.6 Å². The molecular formula is C22H19FN4O5. The van der Waals surface area contributed by atoms with Gasteiger partial charge in [0.05, 0.1) is 16.7 Å². The Morgan fingerprint density at radius 2 is 1.91 bits per heavy atom. The van der Waals surface area contributed by atoms with Gasteiger partial charge in [-0.1, -0.05) is 24.3 Å². The lowest BCUT2D eigenvalue weighted by molar-refractivity contribution is -0.385. The Kier molecular flexibility index (Phi) is 6.74. The molecule has 1 heterocycles. The summed E-state index contributed by atoms with van der Waals surface area (Å²) in [6.45, 7) is 3.06. The number of benzene rings is 2. The number of nitro groups is 1. The molecule has 2 aromatic carbocycles. The van der Waals surface area contributed by atoms with E-state index in [2.05, 4.69) is 15.8 Å². The molecule has 9 nitrogen and oxygen atoms in total. The molecule has 0 aliphatic heterocycles. The van der Waals surface area contributed by atoms with Crippen molar-refractivity contribution in [2.45, 2.75) is 19.9 Å². The highest BCUT2D eigenvalue weighted by molar-refractivity contribution is 5.97. The number of halogens is 1. The summed E-state index contributed by atoms with van der Waals surface area (Å²) < 4.78 is 19.3. The molecule has 0 aliphatic carbocycles. The lowest BCUT2D eigenvalue weighted by Gasteiger charge is -2.12. The van der Waals surface area contributed by atoms with Crippen molar-refractivity contribution >= 4 is 23.7 Å². The standard InChI is InChI=1S/C22H19FN4O5/c1-13-16(7-5-9-19(13)27(30)31)20-11-10-15(32-20)12-24-26-21(28)14(2)25-22(29)17-6-3-4-8-18(17)23/h3-12,14H,1-2H3,(H,25,29)(H,26,28)/b24-12-/t14-/m0/s1. The quantitative estimate of drug-likeness (QED) is 0.331. The van der Waals surface area contributed by atoms with Gasteiger partial charge in [0.25, 0.3) is 17.5 Å². The summed E-state index contributed by atoms with van der Waals surface area (Å²) >= 11 is 0. The molecule has 3 rings (SSSR count). The molecule has 2 N–H and O–H groups in total. The Hall–Kier alpha value is -4.34. The van der Waals surface area contributed by atoms with Gasteiger partial charge in [0, 0.05) is 17.2 Å². The number of amides is 2. The summed E-state index contributed by atoms with van der Waals surface area (Å²) in [4.78, 5) is 34.8. The van der Waals surface area contributed by atoms with E-state index in [1.807, 2.05) is 0 Å². The third-order valence-corrected chi connectivity index (χ3v) is 4.62. The van der Waals surface area contributed by atoms with E-state index in [-0.39, 0.29) is 11.3 Å². The van der Waals surface area contributed by atoms with E-state index in [9.17, 15) is 24.1 Å². The molecule has 0 radical (unpaired) electrons. The number of nitro benzene ring substituents is 1. The summed E-state index contributed by atoms with van der Waals surface area (Å²) in [7, 11) is 0. The van der Waals surface area contributed by atoms with Crippen molar-refractivity contribution in [2.75, 3.05) is 0 Å². The van der Waals surface area contributed by atoms with Gasteiger partial charge in [-0.2, -0.15) is 5.10 Å². The van der Waals surface area contributed by atoms with Crippen molar-refractivity contribution in [3.05, 3.63) is 87.4 Å². The lowest BCUT2D eigenvalue weighted by atomic mass is 10.1. The second-order valence-electron chi connectivity index (χ2n) is 6.82. The Morgan fingerprint density at radius 3 is 2.62 bits per heavy atom. The summed E-state index contributed by atoms with van der Waals surface area (Å²) in [5.41, 5.74) is 3.09. The number of nitrogens with zero attached hydrogens (tertiary/aromatic N) is 2. The zero-order valence-electron chi connectivity index (χ0n) is 17.2. The van der Waals surface area contributed by atoms with E-state index < -0.39 is 28.6 Å². The van der Waals surface area contributed by atoms with E-state index in [1.54, 1.807) is 31.2 Å². The lowest BCUT2D eigenvalue weighted by Crippen LogP contribution is -2.43. The molecule has 0 spiro atoms. The van der Waals surface area contributed by atoms with Gasteiger partial charge in [-0.3, -0.25) is 19.7 Å². The van der Waals surface area contributed by atoms with Crippen LogP contribution >= 0.6 is 0 Å². The molecule has 0 saturated heterocycles. The molecule has 32 heavy (non-hydrogen) atoms. The molecule has 0 saturated carbocycles. The number of carbonyl (C=O) groups is 2. The third kappa shape index (κ3) is 5.04. The number of carbonyl (C=O) groups excluding carboxylic acids is 2. The molecule has 2 amide bonds. The number of hydrazone groups is 1. The SMILES string of the molecule is Cc1c(-c2ccc(/C=N\NC(=O)[C@H](C)NC(=O)c3ccccc3F)o2)cccc1[N+](=O)[O-]. The zero-order valence-corrected chi connectivity index (χ0v) is 17.2. The monoisotopic (exact) mass is 438 g/mol. The Morgan fingerprint density at radius 1 is 1.16 bits per heavy atom. The van der Waals surface area contributed by atoms with Gasteiger partial charge in [-0.15, -0.1) is 0 Å². The summed E-state index contributed by atoms with van der Waals surface area (Å²) in [6, 6.07) is 12.3. The van der Waals surface area contributed by atoms with Crippen molar-refractivity contribution in [2.24, 2.45) is 5.10 Å². The Balaban J connectivity index is 1.61. The summed E-state index contributed by atoms with van der Waals surface area (Å²) in [5, 5.41) is 17.3. The average molecular weight is 438 g/mol. The van der Waals surface area contributed by atoms with Crippen LogP contribution in [-0.4, -0.2) is 29.0 Å². The topological polar surface area (TPSA) is 127 Å². The fraction of sp³-hybridized carbons (Fsp3) is 0.136. The predicted octanol–water partition coefficient (Wildman–Crippen LogP) is 3.57. The maximum absolute atomic E-state index is 13.7. The summed E-state index contributed by atoms with van der Waals surface area (Å²) in [5.74, 6) is -1.33. The van der Waals surface area contributed by atoms with Crippen molar-refractivity contribution in [3.63, 3.8) is 0 Å². The first kappa shape index (κ1) is 22.3. The maximum atomic E-state index is 13.7. The van der Waals surface area contributed by atoms with Gasteiger partial charge in [-0.25, -0.2) is 9.82 Å². The van der Waals surface area contributed by atoms with Gasteiger partial charge in [0.15, 0.2) is 0 Å². The van der Waals surface area contributed by atoms with Crippen LogP contribution in [0, 0.1) is 22.9 Å². The van der Waals surface area contributed by atoms with Crippen LogP contribution in [-0.2, 0) is 4.79 Å². The van der Waals surface area contributed by atoms with Crippen LogP contribution < -0.4 is 10.7 Å². The van der Waals surface area contributed by atoms with E-state index in [4.69, 9.17) is 4.42 Å². The van der Waals surface area contributed by atoms with Crippen molar-refractivity contribution in [1.29, 1.82) is 0 Å². The molecule has 10 heteroatoms. The fourth-order valence-corrected chi connectivity index (χ4v) is 2.90. The van der Waals surface area contributed by atoms with Gasteiger partial charge < -0.3 is 9.73 Å². The Bertz CT molecular complexity index is 1200. The Labute approximate surface area is 182 Å². The normalized spacial score (nSPS) is 11.8. The van der Waals surface area contributed by atoms with Gasteiger partial charge in [-0.05, 0) is 38.1 Å². The van der Waals surface area contributed by atoms with E-state index in [0.29, 0.717) is 22.6 Å². The van der Waals surface area contributed by atoms with Crippen LogP contribution in [0.5, 0.6) is 0 Å². The first-order valence-electron chi connectivity index (χ1n) is 9.50. The molecule has 1 aromatic heterocycles. The molecule has 0 bridgehead atoms. The number of hydrogen-bond donors (Lipinski definition) is 2. The maximum Gasteiger partial charge on any atom is 0.273 e. The number of hydrogen-bond acceptors (Lipinski definition) is 6. The van der Waals surface area contributed by atoms with Crippen LogP contribution in [0.15, 0.2) is 64.1 Å². The first-order chi connectivity index (χ1) is 15.3. The van der Waals surface area contributed by atoms with Crippen LogP contribution in [0.25, 0.3) is 11.3 Å². The van der Waals surface area contributed by atoms with Crippen LogP contribution in [0.3, 0.4) is 0 Å². The second kappa shape index (κ2) is 9.65. The molecule has 164 valence electrons. The van der Waals surface area contributed by atoms with Gasteiger partial charge in [0.2, 0.25) is 0 Å². The highest BCUT2D eigenvalue weighted by Crippen LogP contribution is 2.30. The molecule has 0 aliphatic rings. The first-order valence-corrected chi connectivity index (χ1v) is 9.50. The van der Waals surface area contributed by atoms with Crippen molar-refractivity contribution in [1.82, 2.24) is 10.7 Å². The molecule has 3 aromatic rings. The van der Waals surface area contributed by atoms with E-state index in [1.165, 1.54) is 37.4 Å². The largest absolute Gasteiger partial charge is 0.455 e. The average Bonchev–Trinajstić information content (AvgIpc) is 3.22. The van der Waals surface area contributed by atoms with E-state index in [0.717, 1.165) is 6.07 Å². The van der Waals surface area contributed by atoms with Crippen LogP contribution in [0.4, 0.5) is 10.1 Å². The zero-order chi connectivity index (χ0) is 23.3. The molecule has 0 unspecified atom stereocenters. The third-order valence-electron chi connectivity index (χ3n) is 4.62.